The summed E-state index contributed by atoms with van der Waals surface area (Å²) in [6.07, 6.45) is 6.91. The number of nitriles is 1. The number of piperazine rings is 1. The van der Waals surface area contributed by atoms with E-state index in [0.29, 0.717) is 5.56 Å². The number of rotatable bonds is 3. The molecule has 0 N–H and O–H groups in total. The Bertz CT molecular complexity index is 628. The molecular weight excluding hydrogens is 264 g/mol. The predicted molar refractivity (Wildman–Crippen MR) is 78.5 cm³/mol. The van der Waals surface area contributed by atoms with Crippen molar-refractivity contribution in [3.05, 3.63) is 48.2 Å². The molecule has 1 fully saturated rings. The highest BCUT2D eigenvalue weighted by atomic mass is 15.3. The molecule has 0 aliphatic carbocycles. The standard InChI is InChI=1S/C15H16N6/c16-10-13-1-2-18-14(9-13)12-20-5-7-21(8-6-20)15-11-17-3-4-19-15/h1-4,9,11H,5-8,12H2. The highest BCUT2D eigenvalue weighted by Gasteiger charge is 2.18. The molecule has 0 amide bonds. The molecule has 0 saturated carbocycles. The van der Waals surface area contributed by atoms with Gasteiger partial charge in [0.05, 0.1) is 23.5 Å². The Balaban J connectivity index is 1.57. The fourth-order valence-corrected chi connectivity index (χ4v) is 2.45. The largest absolute Gasteiger partial charge is 0.353 e. The van der Waals surface area contributed by atoms with E-state index >= 15 is 0 Å². The number of aromatic nitrogens is 3. The van der Waals surface area contributed by atoms with Crippen LogP contribution in [0.2, 0.25) is 0 Å². The summed E-state index contributed by atoms with van der Waals surface area (Å²) in [7, 11) is 0. The Morgan fingerprint density at radius 1 is 1.10 bits per heavy atom. The Kier molecular flexibility index (Phi) is 4.03. The summed E-state index contributed by atoms with van der Waals surface area (Å²) in [5.74, 6) is 0.932. The maximum absolute atomic E-state index is 8.92. The number of nitrogens with zero attached hydrogens (tertiary/aromatic N) is 6. The van der Waals surface area contributed by atoms with Gasteiger partial charge in [-0.3, -0.25) is 14.9 Å². The number of pyridine rings is 1. The molecule has 6 nitrogen and oxygen atoms in total. The first kappa shape index (κ1) is 13.5. The average Bonchev–Trinajstić information content (AvgIpc) is 2.56. The van der Waals surface area contributed by atoms with Crippen LogP contribution in [-0.4, -0.2) is 46.0 Å². The Labute approximate surface area is 123 Å². The topological polar surface area (TPSA) is 68.9 Å². The van der Waals surface area contributed by atoms with Gasteiger partial charge in [0.25, 0.3) is 0 Å². The van der Waals surface area contributed by atoms with Crippen molar-refractivity contribution in [1.82, 2.24) is 19.9 Å². The summed E-state index contributed by atoms with van der Waals surface area (Å²) >= 11 is 0. The van der Waals surface area contributed by atoms with Crippen LogP contribution >= 0.6 is 0 Å². The van der Waals surface area contributed by atoms with Crippen LogP contribution in [0.15, 0.2) is 36.9 Å². The average molecular weight is 280 g/mol. The number of hydrogen-bond acceptors (Lipinski definition) is 6. The molecule has 1 aliphatic rings. The van der Waals surface area contributed by atoms with E-state index in [1.165, 1.54) is 0 Å². The van der Waals surface area contributed by atoms with Crippen molar-refractivity contribution in [1.29, 1.82) is 5.26 Å². The van der Waals surface area contributed by atoms with E-state index in [1.54, 1.807) is 30.9 Å². The molecule has 0 atom stereocenters. The quantitative estimate of drug-likeness (QED) is 0.837. The van der Waals surface area contributed by atoms with Gasteiger partial charge in [-0.25, -0.2) is 4.98 Å². The fraction of sp³-hybridized carbons (Fsp3) is 0.333. The second-order valence-electron chi connectivity index (χ2n) is 4.97. The van der Waals surface area contributed by atoms with Crippen molar-refractivity contribution in [2.75, 3.05) is 31.1 Å². The van der Waals surface area contributed by atoms with Crippen molar-refractivity contribution in [3.8, 4) is 6.07 Å². The summed E-state index contributed by atoms with van der Waals surface area (Å²) in [6.45, 7) is 4.54. The van der Waals surface area contributed by atoms with E-state index in [9.17, 15) is 0 Å². The van der Waals surface area contributed by atoms with Crippen LogP contribution in [0, 0.1) is 11.3 Å². The third kappa shape index (κ3) is 3.33. The molecule has 6 heteroatoms. The first-order chi connectivity index (χ1) is 10.3. The number of hydrogen-bond donors (Lipinski definition) is 0. The van der Waals surface area contributed by atoms with E-state index < -0.39 is 0 Å². The lowest BCUT2D eigenvalue weighted by Gasteiger charge is -2.34. The van der Waals surface area contributed by atoms with Gasteiger partial charge in [-0.1, -0.05) is 0 Å². The van der Waals surface area contributed by atoms with E-state index in [-0.39, 0.29) is 0 Å². The molecule has 0 bridgehead atoms. The molecular formula is C15H16N6. The summed E-state index contributed by atoms with van der Waals surface area (Å²) in [6, 6.07) is 5.74. The Hall–Kier alpha value is -2.52. The van der Waals surface area contributed by atoms with Crippen molar-refractivity contribution < 1.29 is 0 Å². The lowest BCUT2D eigenvalue weighted by molar-refractivity contribution is 0.246. The van der Waals surface area contributed by atoms with Crippen molar-refractivity contribution in [2.45, 2.75) is 6.54 Å². The smallest absolute Gasteiger partial charge is 0.147 e. The van der Waals surface area contributed by atoms with E-state index in [0.717, 1.165) is 44.2 Å². The Morgan fingerprint density at radius 2 is 1.95 bits per heavy atom. The third-order valence-electron chi connectivity index (χ3n) is 3.58. The minimum absolute atomic E-state index is 0.665. The van der Waals surface area contributed by atoms with Crippen LogP contribution in [0.5, 0.6) is 0 Å². The predicted octanol–water partition coefficient (Wildman–Crippen LogP) is 1.07. The lowest BCUT2D eigenvalue weighted by atomic mass is 10.2. The van der Waals surface area contributed by atoms with Crippen LogP contribution in [-0.2, 0) is 6.54 Å². The monoisotopic (exact) mass is 280 g/mol. The normalized spacial score (nSPS) is 15.7. The van der Waals surface area contributed by atoms with Gasteiger partial charge in [0.15, 0.2) is 0 Å². The zero-order chi connectivity index (χ0) is 14.5. The zero-order valence-electron chi connectivity index (χ0n) is 11.7. The van der Waals surface area contributed by atoms with Gasteiger partial charge >= 0.3 is 0 Å². The maximum Gasteiger partial charge on any atom is 0.147 e. The van der Waals surface area contributed by atoms with Crippen LogP contribution in [0.25, 0.3) is 0 Å². The highest BCUT2D eigenvalue weighted by molar-refractivity contribution is 5.35. The van der Waals surface area contributed by atoms with E-state index in [4.69, 9.17) is 5.26 Å². The summed E-state index contributed by atoms with van der Waals surface area (Å²) in [4.78, 5) is 17.4. The molecule has 2 aromatic rings. The van der Waals surface area contributed by atoms with Crippen LogP contribution < -0.4 is 4.90 Å². The lowest BCUT2D eigenvalue weighted by Crippen LogP contribution is -2.46. The first-order valence-corrected chi connectivity index (χ1v) is 6.93. The molecule has 3 heterocycles. The summed E-state index contributed by atoms with van der Waals surface area (Å²) in [5, 5.41) is 8.92. The highest BCUT2D eigenvalue weighted by Crippen LogP contribution is 2.13. The second kappa shape index (κ2) is 6.29. The van der Waals surface area contributed by atoms with Gasteiger partial charge in [-0.05, 0) is 12.1 Å². The van der Waals surface area contributed by atoms with E-state index in [2.05, 4.69) is 30.8 Å². The summed E-state index contributed by atoms with van der Waals surface area (Å²) < 4.78 is 0. The van der Waals surface area contributed by atoms with Gasteiger partial charge in [0, 0.05) is 51.3 Å². The molecule has 106 valence electrons. The van der Waals surface area contributed by atoms with Gasteiger partial charge in [-0.15, -0.1) is 0 Å². The minimum Gasteiger partial charge on any atom is -0.353 e. The molecule has 1 aliphatic heterocycles. The summed E-state index contributed by atoms with van der Waals surface area (Å²) in [5.41, 5.74) is 1.61. The van der Waals surface area contributed by atoms with Gasteiger partial charge in [0.1, 0.15) is 5.82 Å². The molecule has 3 rings (SSSR count). The van der Waals surface area contributed by atoms with Crippen LogP contribution in [0.1, 0.15) is 11.3 Å². The van der Waals surface area contributed by atoms with Crippen LogP contribution in [0.3, 0.4) is 0 Å². The zero-order valence-corrected chi connectivity index (χ0v) is 11.7. The second-order valence-corrected chi connectivity index (χ2v) is 4.97. The van der Waals surface area contributed by atoms with E-state index in [1.807, 2.05) is 6.07 Å². The molecule has 0 radical (unpaired) electrons. The SMILES string of the molecule is N#Cc1ccnc(CN2CCN(c3cnccn3)CC2)c1. The Morgan fingerprint density at radius 3 is 2.67 bits per heavy atom. The molecule has 21 heavy (non-hydrogen) atoms. The molecule has 1 saturated heterocycles. The van der Waals surface area contributed by atoms with Crippen molar-refractivity contribution in [2.24, 2.45) is 0 Å². The van der Waals surface area contributed by atoms with Crippen molar-refractivity contribution >= 4 is 5.82 Å². The molecule has 0 spiro atoms. The molecule has 2 aromatic heterocycles. The molecule has 0 unspecified atom stereocenters. The van der Waals surface area contributed by atoms with Crippen LogP contribution in [0.4, 0.5) is 5.82 Å². The first-order valence-electron chi connectivity index (χ1n) is 6.93. The van der Waals surface area contributed by atoms with Gasteiger partial charge in [-0.2, -0.15) is 5.26 Å². The maximum atomic E-state index is 8.92. The fourth-order valence-electron chi connectivity index (χ4n) is 2.45. The third-order valence-corrected chi connectivity index (χ3v) is 3.58. The van der Waals surface area contributed by atoms with Gasteiger partial charge in [0.2, 0.25) is 0 Å². The van der Waals surface area contributed by atoms with Gasteiger partial charge < -0.3 is 4.90 Å². The molecule has 0 aromatic carbocycles. The minimum atomic E-state index is 0.665. The van der Waals surface area contributed by atoms with Crippen molar-refractivity contribution in [3.63, 3.8) is 0 Å². The number of anilines is 1.